The molecule has 0 aromatic carbocycles. The van der Waals surface area contributed by atoms with Gasteiger partial charge in [-0.05, 0) is 42.3 Å². The minimum Gasteiger partial charge on any atom is -0.414 e. The number of nitrogens with one attached hydrogen (secondary N) is 1. The molecule has 1 spiro atoms. The first-order valence-electron chi connectivity index (χ1n) is 13.2. The zero-order valence-corrected chi connectivity index (χ0v) is 28.1. The Hall–Kier alpha value is -1.89. The monoisotopic (exact) mass is 616 g/mol. The fourth-order valence-electron chi connectivity index (χ4n) is 4.07. The molecule has 1 aromatic heterocycles. The summed E-state index contributed by atoms with van der Waals surface area (Å²) in [5.41, 5.74) is 3.86. The fourth-order valence-corrected chi connectivity index (χ4v) is 7.58. The zero-order chi connectivity index (χ0) is 30.7. The van der Waals surface area contributed by atoms with Gasteiger partial charge in [0.05, 0.1) is 17.7 Å². The largest absolute Gasteiger partial charge is 0.414 e. The third-order valence-electron chi connectivity index (χ3n) is 8.48. The number of hydrogen-bond acceptors (Lipinski definition) is 10. The van der Waals surface area contributed by atoms with E-state index in [1.165, 1.54) is 23.8 Å². The van der Waals surface area contributed by atoms with Gasteiger partial charge in [0.15, 0.2) is 28.5 Å². The molecule has 1 saturated heterocycles. The first-order chi connectivity index (χ1) is 17.9. The number of amides is 1. The predicted molar refractivity (Wildman–Crippen MR) is 157 cm³/mol. The maximum absolute atomic E-state index is 13.2. The summed E-state index contributed by atoms with van der Waals surface area (Å²) in [7, 11) is -9.16. The molecule has 4 atom stereocenters. The van der Waals surface area contributed by atoms with Gasteiger partial charge in [0, 0.05) is 13.1 Å². The molecule has 0 bridgehead atoms. The third kappa shape index (κ3) is 6.15. The van der Waals surface area contributed by atoms with E-state index >= 15 is 0 Å². The number of nitrogens with two attached hydrogens (primary N) is 1. The molecule has 226 valence electrons. The topological polar surface area (TPSA) is 161 Å². The second-order valence-corrected chi connectivity index (χ2v) is 24.5. The van der Waals surface area contributed by atoms with E-state index in [4.69, 9.17) is 23.5 Å². The number of nitrogens with zero attached hydrogens (tertiary/aromatic N) is 2. The minimum atomic E-state index is -4.19. The average Bonchev–Trinajstić information content (AvgIpc) is 3.17. The van der Waals surface area contributed by atoms with Crippen LogP contribution < -0.4 is 16.7 Å². The predicted octanol–water partition coefficient (Wildman–Crippen LogP) is 3.41. The summed E-state index contributed by atoms with van der Waals surface area (Å²) in [6.45, 7) is 21.8. The molecule has 15 heteroatoms. The van der Waals surface area contributed by atoms with Crippen LogP contribution in [0.15, 0.2) is 28.2 Å². The van der Waals surface area contributed by atoms with Gasteiger partial charge in [-0.1, -0.05) is 41.5 Å². The van der Waals surface area contributed by atoms with Crippen LogP contribution in [0, 0.1) is 0 Å². The lowest BCUT2D eigenvalue weighted by molar-refractivity contribution is -0.114. The van der Waals surface area contributed by atoms with Crippen molar-refractivity contribution in [1.82, 2.24) is 9.55 Å². The lowest BCUT2D eigenvalue weighted by Crippen LogP contribution is -2.59. The molecule has 1 aromatic rings. The minimum absolute atomic E-state index is 0.0411. The number of anilines is 1. The van der Waals surface area contributed by atoms with E-state index in [2.05, 4.69) is 44.2 Å². The molecular formula is C25H44N4O8SSi2. The molecule has 40 heavy (non-hydrogen) atoms. The summed E-state index contributed by atoms with van der Waals surface area (Å²) >= 11 is 0. The molecular weight excluding hydrogens is 573 g/mol. The average molecular weight is 617 g/mol. The van der Waals surface area contributed by atoms with Crippen molar-refractivity contribution in [3.05, 3.63) is 33.9 Å². The van der Waals surface area contributed by atoms with Crippen LogP contribution in [0.4, 0.5) is 5.82 Å². The molecule has 2 aliphatic heterocycles. The van der Waals surface area contributed by atoms with Crippen molar-refractivity contribution in [3.8, 4) is 0 Å². The standard InChI is InChI=1S/C25H44N4O8SSi2/c1-16(30)27-19-12-13-29(22(31)28-19)21-20(36-40(10,11)24(5,6)7)25(17(26)15-38(32,33)37-25)18(35-21)14-34-39(8,9)23(2,3)4/h12-13,15,18,20-21H,14,26H2,1-11H3,(H,27,28,30,31)/t18?,20-,21+,25?/m0/s1. The molecule has 3 N–H and O–H groups in total. The number of rotatable bonds is 7. The van der Waals surface area contributed by atoms with Crippen LogP contribution >= 0.6 is 0 Å². The summed E-state index contributed by atoms with van der Waals surface area (Å²) < 4.78 is 52.4. The Balaban J connectivity index is 2.20. The lowest BCUT2D eigenvalue weighted by atomic mass is 9.89. The maximum Gasteiger partial charge on any atom is 0.351 e. The fraction of sp³-hybridized carbons (Fsp3) is 0.720. The smallest absolute Gasteiger partial charge is 0.351 e. The molecule has 2 aliphatic rings. The van der Waals surface area contributed by atoms with E-state index in [0.717, 1.165) is 5.41 Å². The van der Waals surface area contributed by atoms with Crippen LogP contribution in [0.3, 0.4) is 0 Å². The van der Waals surface area contributed by atoms with Gasteiger partial charge in [-0.3, -0.25) is 9.36 Å². The highest BCUT2D eigenvalue weighted by Crippen LogP contribution is 2.52. The first-order valence-corrected chi connectivity index (χ1v) is 20.5. The van der Waals surface area contributed by atoms with Crippen molar-refractivity contribution in [3.63, 3.8) is 0 Å². The van der Waals surface area contributed by atoms with Crippen LogP contribution in [0.1, 0.15) is 54.7 Å². The van der Waals surface area contributed by atoms with Crippen molar-refractivity contribution in [1.29, 1.82) is 0 Å². The molecule has 12 nitrogen and oxygen atoms in total. The van der Waals surface area contributed by atoms with Crippen LogP contribution in [0.5, 0.6) is 0 Å². The van der Waals surface area contributed by atoms with Gasteiger partial charge in [0.2, 0.25) is 5.91 Å². The van der Waals surface area contributed by atoms with Crippen molar-refractivity contribution >= 4 is 38.5 Å². The molecule has 3 heterocycles. The second-order valence-electron chi connectivity index (χ2n) is 13.5. The van der Waals surface area contributed by atoms with Crippen molar-refractivity contribution in [2.24, 2.45) is 5.73 Å². The lowest BCUT2D eigenvalue weighted by Gasteiger charge is -2.43. The van der Waals surface area contributed by atoms with Crippen LogP contribution in [-0.2, 0) is 32.7 Å². The van der Waals surface area contributed by atoms with Gasteiger partial charge in [-0.25, -0.2) is 8.98 Å². The first kappa shape index (κ1) is 32.6. The molecule has 0 aliphatic carbocycles. The van der Waals surface area contributed by atoms with Crippen LogP contribution in [0.25, 0.3) is 0 Å². The van der Waals surface area contributed by atoms with Gasteiger partial charge in [-0.15, -0.1) is 0 Å². The van der Waals surface area contributed by atoms with E-state index in [-0.39, 0.29) is 34.1 Å². The van der Waals surface area contributed by atoms with Gasteiger partial charge >= 0.3 is 5.69 Å². The van der Waals surface area contributed by atoms with E-state index < -0.39 is 56.5 Å². The molecule has 1 amide bonds. The molecule has 3 rings (SSSR count). The number of aromatic nitrogens is 2. The Kier molecular flexibility index (Phi) is 8.51. The Morgan fingerprint density at radius 1 is 1.15 bits per heavy atom. The van der Waals surface area contributed by atoms with Gasteiger partial charge in [0.1, 0.15) is 18.0 Å². The summed E-state index contributed by atoms with van der Waals surface area (Å²) in [4.78, 5) is 28.7. The van der Waals surface area contributed by atoms with Gasteiger partial charge in [0.25, 0.3) is 10.1 Å². The number of ether oxygens (including phenoxy) is 1. The SMILES string of the molecule is CC(=O)Nc1ccn([C@@H]2OC(CO[Si](C)(C)C(C)(C)C)C3(OS(=O)(=O)C=C3N)[C@H]2O[Si](C)(C)C(C)(C)C)c(=O)n1. The highest BCUT2D eigenvalue weighted by atomic mass is 32.2. The quantitative estimate of drug-likeness (QED) is 0.343. The zero-order valence-electron chi connectivity index (χ0n) is 25.3. The number of carbonyl (C=O) groups is 1. The molecule has 0 saturated carbocycles. The van der Waals surface area contributed by atoms with Gasteiger partial charge in [-0.2, -0.15) is 13.4 Å². The van der Waals surface area contributed by atoms with Crippen LogP contribution in [-0.4, -0.2) is 64.9 Å². The Bertz CT molecular complexity index is 1350. The van der Waals surface area contributed by atoms with Crippen LogP contribution in [0.2, 0.25) is 36.3 Å². The summed E-state index contributed by atoms with van der Waals surface area (Å²) in [6, 6.07) is 1.45. The molecule has 0 radical (unpaired) electrons. The van der Waals surface area contributed by atoms with E-state index in [1.807, 2.05) is 33.9 Å². The van der Waals surface area contributed by atoms with E-state index in [0.29, 0.717) is 0 Å². The highest BCUT2D eigenvalue weighted by Gasteiger charge is 2.67. The highest BCUT2D eigenvalue weighted by molar-refractivity contribution is 7.90. The van der Waals surface area contributed by atoms with E-state index in [1.54, 1.807) is 0 Å². The Morgan fingerprint density at radius 2 is 1.73 bits per heavy atom. The maximum atomic E-state index is 13.2. The third-order valence-corrected chi connectivity index (χ3v) is 18.5. The summed E-state index contributed by atoms with van der Waals surface area (Å²) in [5.74, 6) is -0.314. The number of hydrogen-bond donors (Lipinski definition) is 2. The molecule has 1 fully saturated rings. The summed E-state index contributed by atoms with van der Waals surface area (Å²) in [5, 5.41) is 2.93. The van der Waals surface area contributed by atoms with Crippen molar-refractivity contribution < 1.29 is 31.0 Å². The Labute approximate surface area is 239 Å². The summed E-state index contributed by atoms with van der Waals surface area (Å²) in [6.07, 6.45) is -1.91. The second kappa shape index (κ2) is 10.4. The van der Waals surface area contributed by atoms with Crippen molar-refractivity contribution in [2.75, 3.05) is 11.9 Å². The number of carbonyl (C=O) groups excluding carboxylic acids is 1. The molecule has 2 unspecified atom stereocenters. The normalized spacial score (nSPS) is 27.2. The van der Waals surface area contributed by atoms with Crippen molar-refractivity contribution in [2.45, 2.75) is 109 Å². The Morgan fingerprint density at radius 3 is 2.17 bits per heavy atom. The van der Waals surface area contributed by atoms with E-state index in [9.17, 15) is 18.0 Å². The van der Waals surface area contributed by atoms with Gasteiger partial charge < -0.3 is 24.6 Å².